The fourth-order valence-electron chi connectivity index (χ4n) is 3.35. The van der Waals surface area contributed by atoms with Crippen LogP contribution in [0.2, 0.25) is 0 Å². The fourth-order valence-corrected chi connectivity index (χ4v) is 3.35. The SMILES string of the molecule is O=C1C(NC2CC2)CCN1C1CCOc2ccccc21. The first kappa shape index (κ1) is 12.2. The second-order valence-electron chi connectivity index (χ2n) is 6.00. The van der Waals surface area contributed by atoms with Gasteiger partial charge in [-0.2, -0.15) is 0 Å². The summed E-state index contributed by atoms with van der Waals surface area (Å²) in [6.07, 6.45) is 4.29. The van der Waals surface area contributed by atoms with Gasteiger partial charge < -0.3 is 15.0 Å². The van der Waals surface area contributed by atoms with Crippen LogP contribution < -0.4 is 10.1 Å². The number of nitrogens with zero attached hydrogens (tertiary/aromatic N) is 1. The van der Waals surface area contributed by atoms with E-state index in [0.717, 1.165) is 25.1 Å². The summed E-state index contributed by atoms with van der Waals surface area (Å²) >= 11 is 0. The summed E-state index contributed by atoms with van der Waals surface area (Å²) in [5.41, 5.74) is 1.17. The number of benzene rings is 1. The highest BCUT2D eigenvalue weighted by molar-refractivity contribution is 5.84. The topological polar surface area (TPSA) is 41.6 Å². The Morgan fingerprint density at radius 3 is 2.85 bits per heavy atom. The predicted molar refractivity (Wildman–Crippen MR) is 75.6 cm³/mol. The molecule has 106 valence electrons. The van der Waals surface area contributed by atoms with E-state index in [-0.39, 0.29) is 18.0 Å². The summed E-state index contributed by atoms with van der Waals surface area (Å²) in [7, 11) is 0. The van der Waals surface area contributed by atoms with Gasteiger partial charge in [-0.25, -0.2) is 0 Å². The zero-order valence-corrected chi connectivity index (χ0v) is 11.5. The first-order valence-corrected chi connectivity index (χ1v) is 7.61. The summed E-state index contributed by atoms with van der Waals surface area (Å²) in [6, 6.07) is 8.93. The van der Waals surface area contributed by atoms with E-state index < -0.39 is 0 Å². The Morgan fingerprint density at radius 1 is 1.15 bits per heavy atom. The molecule has 0 bridgehead atoms. The lowest BCUT2D eigenvalue weighted by Crippen LogP contribution is -2.41. The first-order chi connectivity index (χ1) is 9.83. The van der Waals surface area contributed by atoms with E-state index >= 15 is 0 Å². The molecule has 1 saturated heterocycles. The number of rotatable bonds is 3. The van der Waals surface area contributed by atoms with Crippen molar-refractivity contribution >= 4 is 5.91 Å². The standard InChI is InChI=1S/C16H20N2O2/c19-16-13(17-11-5-6-11)7-9-18(16)14-8-10-20-15-4-2-1-3-12(14)15/h1-4,11,13-14,17H,5-10H2. The zero-order chi connectivity index (χ0) is 13.5. The number of likely N-dealkylation sites (tertiary alicyclic amines) is 1. The molecular weight excluding hydrogens is 252 g/mol. The van der Waals surface area contributed by atoms with Crippen molar-refractivity contribution in [1.82, 2.24) is 10.2 Å². The Labute approximate surface area is 119 Å². The fraction of sp³-hybridized carbons (Fsp3) is 0.562. The van der Waals surface area contributed by atoms with Gasteiger partial charge in [0.25, 0.3) is 0 Å². The number of amides is 1. The van der Waals surface area contributed by atoms with E-state index in [1.54, 1.807) is 0 Å². The molecule has 1 amide bonds. The molecule has 4 nitrogen and oxygen atoms in total. The Morgan fingerprint density at radius 2 is 2.00 bits per heavy atom. The third-order valence-corrected chi connectivity index (χ3v) is 4.56. The van der Waals surface area contributed by atoms with Crippen LogP contribution in [0.4, 0.5) is 0 Å². The van der Waals surface area contributed by atoms with Gasteiger partial charge in [-0.3, -0.25) is 4.79 Å². The van der Waals surface area contributed by atoms with Crippen molar-refractivity contribution in [2.75, 3.05) is 13.2 Å². The molecule has 2 atom stereocenters. The number of fused-ring (bicyclic) bond motifs is 1. The maximum absolute atomic E-state index is 12.6. The first-order valence-electron chi connectivity index (χ1n) is 7.61. The van der Waals surface area contributed by atoms with Gasteiger partial charge in [0.05, 0.1) is 18.7 Å². The molecule has 1 aliphatic carbocycles. The highest BCUT2D eigenvalue weighted by Gasteiger charge is 2.40. The maximum atomic E-state index is 12.6. The van der Waals surface area contributed by atoms with Crippen LogP contribution in [0.25, 0.3) is 0 Å². The Kier molecular flexibility index (Phi) is 2.91. The molecule has 1 saturated carbocycles. The van der Waals surface area contributed by atoms with Gasteiger partial charge in [0.15, 0.2) is 0 Å². The number of nitrogens with one attached hydrogen (secondary N) is 1. The van der Waals surface area contributed by atoms with Crippen LogP contribution >= 0.6 is 0 Å². The van der Waals surface area contributed by atoms with Crippen molar-refractivity contribution in [2.24, 2.45) is 0 Å². The second-order valence-corrected chi connectivity index (χ2v) is 6.00. The van der Waals surface area contributed by atoms with E-state index in [1.807, 2.05) is 18.2 Å². The van der Waals surface area contributed by atoms with Crippen LogP contribution in [0, 0.1) is 0 Å². The van der Waals surface area contributed by atoms with Gasteiger partial charge in [0.1, 0.15) is 5.75 Å². The second kappa shape index (κ2) is 4.77. The van der Waals surface area contributed by atoms with Crippen LogP contribution in [-0.4, -0.2) is 36.0 Å². The molecule has 1 aromatic rings. The number of hydrogen-bond acceptors (Lipinski definition) is 3. The van der Waals surface area contributed by atoms with Crippen LogP contribution in [-0.2, 0) is 4.79 Å². The molecule has 1 N–H and O–H groups in total. The lowest BCUT2D eigenvalue weighted by Gasteiger charge is -2.33. The average molecular weight is 272 g/mol. The van der Waals surface area contributed by atoms with Crippen molar-refractivity contribution < 1.29 is 9.53 Å². The number of carbonyl (C=O) groups is 1. The quantitative estimate of drug-likeness (QED) is 0.913. The summed E-state index contributed by atoms with van der Waals surface area (Å²) in [4.78, 5) is 14.7. The molecule has 3 aliphatic rings. The highest BCUT2D eigenvalue weighted by Crippen LogP contribution is 2.38. The van der Waals surface area contributed by atoms with Crippen molar-refractivity contribution in [2.45, 2.75) is 43.8 Å². The number of ether oxygens (including phenoxy) is 1. The van der Waals surface area contributed by atoms with E-state index in [1.165, 1.54) is 18.4 Å². The van der Waals surface area contributed by atoms with E-state index in [0.29, 0.717) is 12.6 Å². The Hall–Kier alpha value is -1.55. The van der Waals surface area contributed by atoms with Crippen molar-refractivity contribution in [3.63, 3.8) is 0 Å². The molecule has 4 rings (SSSR count). The molecule has 0 radical (unpaired) electrons. The minimum atomic E-state index is 0.0394. The largest absolute Gasteiger partial charge is 0.493 e. The minimum Gasteiger partial charge on any atom is -0.493 e. The van der Waals surface area contributed by atoms with Crippen LogP contribution in [0.1, 0.15) is 37.3 Å². The molecular formula is C16H20N2O2. The molecule has 2 fully saturated rings. The van der Waals surface area contributed by atoms with E-state index in [2.05, 4.69) is 16.3 Å². The summed E-state index contributed by atoms with van der Waals surface area (Å²) in [5, 5.41) is 3.47. The number of hydrogen-bond donors (Lipinski definition) is 1. The van der Waals surface area contributed by atoms with Crippen molar-refractivity contribution in [3.05, 3.63) is 29.8 Å². The van der Waals surface area contributed by atoms with Crippen LogP contribution in [0.5, 0.6) is 5.75 Å². The summed E-state index contributed by atoms with van der Waals surface area (Å²) < 4.78 is 5.70. The normalized spacial score (nSPS) is 29.2. The van der Waals surface area contributed by atoms with Crippen LogP contribution in [0.3, 0.4) is 0 Å². The Bertz CT molecular complexity index is 527. The summed E-state index contributed by atoms with van der Waals surface area (Å²) in [6.45, 7) is 1.56. The molecule has 2 unspecified atom stereocenters. The van der Waals surface area contributed by atoms with Gasteiger partial charge in [0.2, 0.25) is 5.91 Å². The molecule has 0 aromatic heterocycles. The van der Waals surface area contributed by atoms with Crippen molar-refractivity contribution in [3.8, 4) is 5.75 Å². The zero-order valence-electron chi connectivity index (χ0n) is 11.5. The molecule has 2 aliphatic heterocycles. The van der Waals surface area contributed by atoms with Crippen molar-refractivity contribution in [1.29, 1.82) is 0 Å². The summed E-state index contributed by atoms with van der Waals surface area (Å²) in [5.74, 6) is 1.22. The molecule has 1 aromatic carbocycles. The average Bonchev–Trinajstić information content (AvgIpc) is 3.23. The minimum absolute atomic E-state index is 0.0394. The molecule has 2 heterocycles. The number of carbonyl (C=O) groups excluding carboxylic acids is 1. The Balaban J connectivity index is 1.55. The van der Waals surface area contributed by atoms with E-state index in [9.17, 15) is 4.79 Å². The maximum Gasteiger partial charge on any atom is 0.240 e. The van der Waals surface area contributed by atoms with Gasteiger partial charge >= 0.3 is 0 Å². The third kappa shape index (κ3) is 2.08. The lowest BCUT2D eigenvalue weighted by molar-refractivity contribution is -0.132. The van der Waals surface area contributed by atoms with Gasteiger partial charge in [-0.15, -0.1) is 0 Å². The molecule has 20 heavy (non-hydrogen) atoms. The van der Waals surface area contributed by atoms with Gasteiger partial charge in [-0.1, -0.05) is 18.2 Å². The third-order valence-electron chi connectivity index (χ3n) is 4.56. The highest BCUT2D eigenvalue weighted by atomic mass is 16.5. The van der Waals surface area contributed by atoms with Gasteiger partial charge in [0, 0.05) is 24.6 Å². The van der Waals surface area contributed by atoms with Crippen LogP contribution in [0.15, 0.2) is 24.3 Å². The smallest absolute Gasteiger partial charge is 0.240 e. The van der Waals surface area contributed by atoms with E-state index in [4.69, 9.17) is 4.74 Å². The number of para-hydroxylation sites is 1. The predicted octanol–water partition coefficient (Wildman–Crippen LogP) is 1.86. The monoisotopic (exact) mass is 272 g/mol. The van der Waals surface area contributed by atoms with Gasteiger partial charge in [-0.05, 0) is 25.3 Å². The molecule has 4 heteroatoms. The lowest BCUT2D eigenvalue weighted by atomic mass is 9.99. The molecule has 0 spiro atoms.